The fourth-order valence-electron chi connectivity index (χ4n) is 3.64. The number of anilines is 1. The zero-order valence-electron chi connectivity index (χ0n) is 15.7. The first-order chi connectivity index (χ1) is 13.6. The number of H-pyrrole nitrogens is 1. The van der Waals surface area contributed by atoms with Crippen LogP contribution in [-0.4, -0.2) is 39.1 Å². The highest BCUT2D eigenvalue weighted by atomic mass is 19.1. The van der Waals surface area contributed by atoms with Crippen LogP contribution in [0.1, 0.15) is 30.5 Å². The number of carbonyl (C=O) groups excluding carboxylic acids is 1. The number of amides is 1. The van der Waals surface area contributed by atoms with Gasteiger partial charge in [-0.1, -0.05) is 18.2 Å². The summed E-state index contributed by atoms with van der Waals surface area (Å²) >= 11 is 0. The van der Waals surface area contributed by atoms with Gasteiger partial charge in [-0.3, -0.25) is 9.89 Å². The van der Waals surface area contributed by atoms with E-state index in [9.17, 15) is 9.18 Å². The molecule has 0 unspecified atom stereocenters. The molecule has 1 saturated heterocycles. The van der Waals surface area contributed by atoms with Gasteiger partial charge in [0.15, 0.2) is 0 Å². The Morgan fingerprint density at radius 1 is 1.36 bits per heavy atom. The minimum atomic E-state index is -0.237. The molecule has 28 heavy (non-hydrogen) atoms. The standard InChI is InChI=1S/C21H22FN5O/c1-14(28)27-9-7-17(13-27)21-18(12-25-26-21)15-6-8-23-20(10-15)24-11-16-4-2-3-5-19(16)22/h2-6,8,10,12,17H,7,9,11,13H2,1H3,(H,23,24)(H,25,26)/t17-/m1/s1. The molecule has 0 aliphatic carbocycles. The molecule has 3 aromatic rings. The van der Waals surface area contributed by atoms with Crippen LogP contribution < -0.4 is 5.32 Å². The minimum Gasteiger partial charge on any atom is -0.366 e. The summed E-state index contributed by atoms with van der Waals surface area (Å²) in [6, 6.07) is 10.6. The second-order valence-electron chi connectivity index (χ2n) is 7.02. The third kappa shape index (κ3) is 3.74. The molecule has 1 amide bonds. The van der Waals surface area contributed by atoms with Gasteiger partial charge >= 0.3 is 0 Å². The summed E-state index contributed by atoms with van der Waals surface area (Å²) in [5, 5.41) is 10.5. The number of aromatic amines is 1. The second kappa shape index (κ2) is 7.80. The molecule has 1 aliphatic rings. The molecule has 0 radical (unpaired) electrons. The molecule has 1 fully saturated rings. The quantitative estimate of drug-likeness (QED) is 0.711. The van der Waals surface area contributed by atoms with Crippen LogP contribution in [0.15, 0.2) is 48.8 Å². The largest absolute Gasteiger partial charge is 0.366 e. The smallest absolute Gasteiger partial charge is 0.219 e. The van der Waals surface area contributed by atoms with Crippen LogP contribution in [0.4, 0.5) is 10.2 Å². The van der Waals surface area contributed by atoms with Crippen molar-refractivity contribution in [1.82, 2.24) is 20.1 Å². The van der Waals surface area contributed by atoms with E-state index >= 15 is 0 Å². The molecule has 3 heterocycles. The first-order valence-corrected chi connectivity index (χ1v) is 9.34. The van der Waals surface area contributed by atoms with E-state index in [4.69, 9.17) is 0 Å². The van der Waals surface area contributed by atoms with Crippen molar-refractivity contribution in [1.29, 1.82) is 0 Å². The molecule has 2 aromatic heterocycles. The second-order valence-corrected chi connectivity index (χ2v) is 7.02. The Morgan fingerprint density at radius 3 is 3.00 bits per heavy atom. The zero-order chi connectivity index (χ0) is 19.5. The maximum absolute atomic E-state index is 13.8. The number of pyridine rings is 1. The van der Waals surface area contributed by atoms with Gasteiger partial charge in [-0.15, -0.1) is 0 Å². The summed E-state index contributed by atoms with van der Waals surface area (Å²) in [5.41, 5.74) is 3.62. The average molecular weight is 379 g/mol. The van der Waals surface area contributed by atoms with Crippen LogP contribution in [0, 0.1) is 5.82 Å². The van der Waals surface area contributed by atoms with E-state index in [1.807, 2.05) is 29.3 Å². The number of rotatable bonds is 5. The predicted molar refractivity (Wildman–Crippen MR) is 105 cm³/mol. The normalized spacial score (nSPS) is 16.4. The minimum absolute atomic E-state index is 0.104. The van der Waals surface area contributed by atoms with Crippen LogP contribution in [-0.2, 0) is 11.3 Å². The number of hydrogen-bond acceptors (Lipinski definition) is 4. The molecule has 0 spiro atoms. The maximum Gasteiger partial charge on any atom is 0.219 e. The SMILES string of the molecule is CC(=O)N1CC[C@@H](c2[nH]ncc2-c2ccnc(NCc3ccccc3F)c2)C1. The molecule has 2 N–H and O–H groups in total. The average Bonchev–Trinajstić information content (AvgIpc) is 3.37. The van der Waals surface area contributed by atoms with Gasteiger partial charge in [0.05, 0.1) is 6.20 Å². The van der Waals surface area contributed by atoms with Crippen molar-refractivity contribution in [3.8, 4) is 11.1 Å². The molecule has 7 heteroatoms. The van der Waals surface area contributed by atoms with Crippen molar-refractivity contribution < 1.29 is 9.18 Å². The molecular weight excluding hydrogens is 357 g/mol. The number of halogens is 1. The monoisotopic (exact) mass is 379 g/mol. The van der Waals surface area contributed by atoms with Gasteiger partial charge in [0, 0.05) is 55.5 Å². The number of nitrogens with one attached hydrogen (secondary N) is 2. The summed E-state index contributed by atoms with van der Waals surface area (Å²) in [6.07, 6.45) is 4.45. The molecular formula is C21H22FN5O. The molecule has 6 nitrogen and oxygen atoms in total. The molecule has 0 saturated carbocycles. The van der Waals surface area contributed by atoms with Crippen molar-refractivity contribution in [2.75, 3.05) is 18.4 Å². The molecule has 1 atom stereocenters. The van der Waals surface area contributed by atoms with Crippen molar-refractivity contribution in [3.63, 3.8) is 0 Å². The zero-order valence-corrected chi connectivity index (χ0v) is 15.7. The molecule has 4 rings (SSSR count). The topological polar surface area (TPSA) is 73.9 Å². The Bertz CT molecular complexity index is 986. The van der Waals surface area contributed by atoms with E-state index in [2.05, 4.69) is 20.5 Å². The van der Waals surface area contributed by atoms with Gasteiger partial charge < -0.3 is 10.2 Å². The Hall–Kier alpha value is -3.22. The van der Waals surface area contributed by atoms with Crippen molar-refractivity contribution >= 4 is 11.7 Å². The third-order valence-electron chi connectivity index (χ3n) is 5.20. The van der Waals surface area contributed by atoms with E-state index in [1.165, 1.54) is 6.07 Å². The van der Waals surface area contributed by atoms with Crippen molar-refractivity contribution in [2.24, 2.45) is 0 Å². The van der Waals surface area contributed by atoms with E-state index in [0.717, 1.165) is 29.8 Å². The van der Waals surface area contributed by atoms with Crippen LogP contribution in [0.25, 0.3) is 11.1 Å². The number of benzene rings is 1. The molecule has 0 bridgehead atoms. The summed E-state index contributed by atoms with van der Waals surface area (Å²) < 4.78 is 13.8. The molecule has 1 aromatic carbocycles. The van der Waals surface area contributed by atoms with E-state index < -0.39 is 0 Å². The van der Waals surface area contributed by atoms with Gasteiger partial charge in [-0.25, -0.2) is 9.37 Å². The van der Waals surface area contributed by atoms with Gasteiger partial charge in [0.2, 0.25) is 5.91 Å². The highest BCUT2D eigenvalue weighted by Crippen LogP contribution is 2.33. The van der Waals surface area contributed by atoms with Crippen LogP contribution >= 0.6 is 0 Å². The van der Waals surface area contributed by atoms with E-state index in [0.29, 0.717) is 24.5 Å². The van der Waals surface area contributed by atoms with Gasteiger partial charge in [-0.05, 0) is 30.2 Å². The Morgan fingerprint density at radius 2 is 2.21 bits per heavy atom. The lowest BCUT2D eigenvalue weighted by Gasteiger charge is -2.14. The van der Waals surface area contributed by atoms with Crippen molar-refractivity contribution in [3.05, 3.63) is 65.9 Å². The highest BCUT2D eigenvalue weighted by molar-refractivity contribution is 5.74. The number of carbonyl (C=O) groups is 1. The number of aromatic nitrogens is 3. The fourth-order valence-corrected chi connectivity index (χ4v) is 3.64. The molecule has 144 valence electrons. The van der Waals surface area contributed by atoms with Crippen molar-refractivity contribution in [2.45, 2.75) is 25.8 Å². The lowest BCUT2D eigenvalue weighted by Crippen LogP contribution is -2.25. The summed E-state index contributed by atoms with van der Waals surface area (Å²) in [6.45, 7) is 3.43. The highest BCUT2D eigenvalue weighted by Gasteiger charge is 2.28. The fraction of sp³-hybridized carbons (Fsp3) is 0.286. The first-order valence-electron chi connectivity index (χ1n) is 9.34. The number of nitrogens with zero attached hydrogens (tertiary/aromatic N) is 3. The maximum atomic E-state index is 13.8. The van der Waals surface area contributed by atoms with Gasteiger partial charge in [0.25, 0.3) is 0 Å². The molecule has 1 aliphatic heterocycles. The van der Waals surface area contributed by atoms with E-state index in [1.54, 1.807) is 25.3 Å². The predicted octanol–water partition coefficient (Wildman–Crippen LogP) is 3.56. The summed E-state index contributed by atoms with van der Waals surface area (Å²) in [5.74, 6) is 0.778. The lowest BCUT2D eigenvalue weighted by molar-refractivity contribution is -0.127. The number of hydrogen-bond donors (Lipinski definition) is 2. The van der Waals surface area contributed by atoms with E-state index in [-0.39, 0.29) is 17.6 Å². The van der Waals surface area contributed by atoms with Crippen LogP contribution in [0.2, 0.25) is 0 Å². The first kappa shape index (κ1) is 18.2. The Labute approximate surface area is 162 Å². The van der Waals surface area contributed by atoms with Gasteiger partial charge in [0.1, 0.15) is 11.6 Å². The van der Waals surface area contributed by atoms with Crippen LogP contribution in [0.5, 0.6) is 0 Å². The Kier molecular flexibility index (Phi) is 5.06. The Balaban J connectivity index is 1.52. The number of likely N-dealkylation sites (tertiary alicyclic amines) is 1. The summed E-state index contributed by atoms with van der Waals surface area (Å²) in [7, 11) is 0. The van der Waals surface area contributed by atoms with Gasteiger partial charge in [-0.2, -0.15) is 5.10 Å². The lowest BCUT2D eigenvalue weighted by atomic mass is 9.97. The summed E-state index contributed by atoms with van der Waals surface area (Å²) in [4.78, 5) is 17.8. The third-order valence-corrected chi connectivity index (χ3v) is 5.20. The van der Waals surface area contributed by atoms with Crippen LogP contribution in [0.3, 0.4) is 0 Å².